The SMILES string of the molecule is COc1ccc(C(CNS(=O)(=O)c2ccc(C)cc2)N(C)C)cc1. The van der Waals surface area contributed by atoms with Gasteiger partial charge in [0, 0.05) is 12.6 Å². The van der Waals surface area contributed by atoms with Gasteiger partial charge in [0.2, 0.25) is 10.0 Å². The molecule has 0 aromatic heterocycles. The number of nitrogens with zero attached hydrogens (tertiary/aromatic N) is 1. The van der Waals surface area contributed by atoms with E-state index in [4.69, 9.17) is 4.74 Å². The Bertz CT molecular complexity index is 754. The fourth-order valence-corrected chi connectivity index (χ4v) is 3.45. The molecule has 1 unspecified atom stereocenters. The van der Waals surface area contributed by atoms with Gasteiger partial charge in [0.1, 0.15) is 5.75 Å². The summed E-state index contributed by atoms with van der Waals surface area (Å²) >= 11 is 0. The summed E-state index contributed by atoms with van der Waals surface area (Å²) in [5, 5.41) is 0. The van der Waals surface area contributed by atoms with E-state index in [-0.39, 0.29) is 17.5 Å². The van der Waals surface area contributed by atoms with Gasteiger partial charge in [0.15, 0.2) is 0 Å². The molecule has 130 valence electrons. The number of likely N-dealkylation sites (N-methyl/N-ethyl adjacent to an activating group) is 1. The summed E-state index contributed by atoms with van der Waals surface area (Å²) in [6, 6.07) is 14.4. The van der Waals surface area contributed by atoms with Crippen LogP contribution in [0.2, 0.25) is 0 Å². The predicted molar refractivity (Wildman–Crippen MR) is 95.8 cm³/mol. The molecule has 0 bridgehead atoms. The van der Waals surface area contributed by atoms with Crippen LogP contribution in [-0.4, -0.2) is 41.1 Å². The molecular formula is C18H24N2O3S. The van der Waals surface area contributed by atoms with Gasteiger partial charge >= 0.3 is 0 Å². The van der Waals surface area contributed by atoms with Crippen molar-refractivity contribution in [3.8, 4) is 5.75 Å². The molecule has 0 aliphatic heterocycles. The van der Waals surface area contributed by atoms with E-state index in [0.29, 0.717) is 0 Å². The highest BCUT2D eigenvalue weighted by molar-refractivity contribution is 7.89. The van der Waals surface area contributed by atoms with E-state index in [2.05, 4.69) is 4.72 Å². The van der Waals surface area contributed by atoms with Crippen LogP contribution in [0.1, 0.15) is 17.2 Å². The Morgan fingerprint density at radius 1 is 1.04 bits per heavy atom. The lowest BCUT2D eigenvalue weighted by atomic mass is 10.1. The van der Waals surface area contributed by atoms with E-state index in [1.54, 1.807) is 31.4 Å². The monoisotopic (exact) mass is 348 g/mol. The molecule has 0 saturated heterocycles. The highest BCUT2D eigenvalue weighted by Crippen LogP contribution is 2.21. The molecular weight excluding hydrogens is 324 g/mol. The zero-order chi connectivity index (χ0) is 17.7. The second kappa shape index (κ2) is 7.79. The van der Waals surface area contributed by atoms with Crippen molar-refractivity contribution in [2.24, 2.45) is 0 Å². The maximum Gasteiger partial charge on any atom is 0.240 e. The molecule has 0 aliphatic rings. The average Bonchev–Trinajstić information content (AvgIpc) is 2.55. The van der Waals surface area contributed by atoms with Gasteiger partial charge in [-0.05, 0) is 50.8 Å². The maximum atomic E-state index is 12.5. The summed E-state index contributed by atoms with van der Waals surface area (Å²) in [5.74, 6) is 0.775. The molecule has 24 heavy (non-hydrogen) atoms. The first kappa shape index (κ1) is 18.4. The molecule has 5 nitrogen and oxygen atoms in total. The molecule has 0 radical (unpaired) electrons. The predicted octanol–water partition coefficient (Wildman–Crippen LogP) is 2.58. The van der Waals surface area contributed by atoms with Crippen molar-refractivity contribution in [1.29, 1.82) is 0 Å². The number of aryl methyl sites for hydroxylation is 1. The Morgan fingerprint density at radius 2 is 1.62 bits per heavy atom. The van der Waals surface area contributed by atoms with E-state index in [1.807, 2.05) is 50.2 Å². The van der Waals surface area contributed by atoms with Crippen LogP contribution >= 0.6 is 0 Å². The highest BCUT2D eigenvalue weighted by Gasteiger charge is 2.19. The molecule has 0 spiro atoms. The minimum Gasteiger partial charge on any atom is -0.497 e. The van der Waals surface area contributed by atoms with Crippen LogP contribution in [0.3, 0.4) is 0 Å². The van der Waals surface area contributed by atoms with E-state index < -0.39 is 10.0 Å². The van der Waals surface area contributed by atoms with E-state index in [0.717, 1.165) is 16.9 Å². The zero-order valence-electron chi connectivity index (χ0n) is 14.5. The molecule has 1 atom stereocenters. The molecule has 2 rings (SSSR count). The minimum absolute atomic E-state index is 0.0730. The molecule has 1 N–H and O–H groups in total. The van der Waals surface area contributed by atoms with E-state index in [9.17, 15) is 8.42 Å². The largest absolute Gasteiger partial charge is 0.497 e. The summed E-state index contributed by atoms with van der Waals surface area (Å²) in [7, 11) is 1.94. The smallest absolute Gasteiger partial charge is 0.240 e. The van der Waals surface area contributed by atoms with Crippen molar-refractivity contribution in [3.63, 3.8) is 0 Å². The third-order valence-electron chi connectivity index (χ3n) is 3.92. The molecule has 0 amide bonds. The quantitative estimate of drug-likeness (QED) is 0.835. The second-order valence-electron chi connectivity index (χ2n) is 5.92. The van der Waals surface area contributed by atoms with Gasteiger partial charge in [-0.2, -0.15) is 0 Å². The Morgan fingerprint density at radius 3 is 2.12 bits per heavy atom. The molecule has 0 saturated carbocycles. The third-order valence-corrected chi connectivity index (χ3v) is 5.36. The van der Waals surface area contributed by atoms with E-state index in [1.165, 1.54) is 0 Å². The number of sulfonamides is 1. The Balaban J connectivity index is 2.14. The van der Waals surface area contributed by atoms with Crippen LogP contribution in [0.5, 0.6) is 5.75 Å². The van der Waals surface area contributed by atoms with Gasteiger partial charge in [0.05, 0.1) is 12.0 Å². The molecule has 2 aromatic rings. The van der Waals surface area contributed by atoms with Crippen LogP contribution in [-0.2, 0) is 10.0 Å². The Labute approximate surface area is 144 Å². The Hall–Kier alpha value is -1.89. The number of rotatable bonds is 7. The number of hydrogen-bond acceptors (Lipinski definition) is 4. The van der Waals surface area contributed by atoms with Gasteiger partial charge in [-0.3, -0.25) is 0 Å². The first-order chi connectivity index (χ1) is 11.3. The fourth-order valence-electron chi connectivity index (χ4n) is 2.41. The number of hydrogen-bond donors (Lipinski definition) is 1. The average molecular weight is 348 g/mol. The van der Waals surface area contributed by atoms with Crippen LogP contribution in [0.15, 0.2) is 53.4 Å². The van der Waals surface area contributed by atoms with Crippen molar-refractivity contribution < 1.29 is 13.2 Å². The topological polar surface area (TPSA) is 58.6 Å². The summed E-state index contributed by atoms with van der Waals surface area (Å²) in [6.07, 6.45) is 0. The van der Waals surface area contributed by atoms with Gasteiger partial charge < -0.3 is 9.64 Å². The standard InChI is InChI=1S/C18H24N2O3S/c1-14-5-11-17(12-6-14)24(21,22)19-13-18(20(2)3)15-7-9-16(23-4)10-8-15/h5-12,18-19H,13H2,1-4H3. The Kier molecular flexibility index (Phi) is 5.99. The number of benzene rings is 2. The van der Waals surface area contributed by atoms with Gasteiger partial charge in [0.25, 0.3) is 0 Å². The molecule has 0 fully saturated rings. The van der Waals surface area contributed by atoms with Crippen LogP contribution in [0.25, 0.3) is 0 Å². The molecule has 2 aromatic carbocycles. The summed E-state index contributed by atoms with van der Waals surface area (Å²) in [6.45, 7) is 2.21. The van der Waals surface area contributed by atoms with Crippen LogP contribution in [0, 0.1) is 6.92 Å². The zero-order valence-corrected chi connectivity index (χ0v) is 15.3. The highest BCUT2D eigenvalue weighted by atomic mass is 32.2. The number of nitrogens with one attached hydrogen (secondary N) is 1. The summed E-state index contributed by atoms with van der Waals surface area (Å²) < 4.78 is 32.8. The fraction of sp³-hybridized carbons (Fsp3) is 0.333. The number of ether oxygens (including phenoxy) is 1. The van der Waals surface area contributed by atoms with Gasteiger partial charge in [-0.25, -0.2) is 13.1 Å². The summed E-state index contributed by atoms with van der Waals surface area (Å²) in [4.78, 5) is 2.26. The first-order valence-corrected chi connectivity index (χ1v) is 9.18. The van der Waals surface area contributed by atoms with Crippen molar-refractivity contribution in [1.82, 2.24) is 9.62 Å². The van der Waals surface area contributed by atoms with Gasteiger partial charge in [-0.15, -0.1) is 0 Å². The lowest BCUT2D eigenvalue weighted by Gasteiger charge is -2.25. The summed E-state index contributed by atoms with van der Waals surface area (Å²) in [5.41, 5.74) is 2.05. The first-order valence-electron chi connectivity index (χ1n) is 7.70. The minimum atomic E-state index is -3.53. The van der Waals surface area contributed by atoms with Gasteiger partial charge in [-0.1, -0.05) is 29.8 Å². The molecule has 6 heteroatoms. The van der Waals surface area contributed by atoms with Crippen molar-refractivity contribution >= 4 is 10.0 Å². The maximum absolute atomic E-state index is 12.5. The second-order valence-corrected chi connectivity index (χ2v) is 7.68. The molecule has 0 aliphatic carbocycles. The van der Waals surface area contributed by atoms with Crippen molar-refractivity contribution in [2.45, 2.75) is 17.9 Å². The normalized spacial score (nSPS) is 13.0. The van der Waals surface area contributed by atoms with Crippen molar-refractivity contribution in [3.05, 3.63) is 59.7 Å². The lowest BCUT2D eigenvalue weighted by molar-refractivity contribution is 0.299. The lowest BCUT2D eigenvalue weighted by Crippen LogP contribution is -2.34. The van der Waals surface area contributed by atoms with Crippen molar-refractivity contribution in [2.75, 3.05) is 27.7 Å². The van der Waals surface area contributed by atoms with Crippen LogP contribution in [0.4, 0.5) is 0 Å². The van der Waals surface area contributed by atoms with E-state index >= 15 is 0 Å². The molecule has 0 heterocycles. The third kappa shape index (κ3) is 4.56. The number of methoxy groups -OCH3 is 1. The van der Waals surface area contributed by atoms with Crippen LogP contribution < -0.4 is 9.46 Å².